The minimum absolute atomic E-state index is 0.102. The second kappa shape index (κ2) is 9.84. The number of hydrazine groups is 1. The molecule has 2 fully saturated rings. The lowest BCUT2D eigenvalue weighted by atomic mass is 10.2. The van der Waals surface area contributed by atoms with Gasteiger partial charge >= 0.3 is 6.09 Å². The number of hydrogen-bond donors (Lipinski definition) is 4. The van der Waals surface area contributed by atoms with Crippen molar-refractivity contribution in [2.75, 3.05) is 12.4 Å². The summed E-state index contributed by atoms with van der Waals surface area (Å²) in [5, 5.41) is 5.73. The van der Waals surface area contributed by atoms with Crippen molar-refractivity contribution in [1.82, 2.24) is 20.3 Å². The molecule has 0 bridgehead atoms. The van der Waals surface area contributed by atoms with Crippen LogP contribution in [0.1, 0.15) is 37.1 Å². The number of ether oxygens (including phenoxy) is 1. The third-order valence-corrected chi connectivity index (χ3v) is 6.21. The molecule has 3 atom stereocenters. The quantitative estimate of drug-likeness (QED) is 0.179. The number of alkyl halides is 2. The van der Waals surface area contributed by atoms with Gasteiger partial charge in [-0.25, -0.2) is 28.8 Å². The van der Waals surface area contributed by atoms with Gasteiger partial charge in [0.2, 0.25) is 11.9 Å². The second-order valence-electron chi connectivity index (χ2n) is 9.02. The first-order chi connectivity index (χ1) is 17.4. The molecule has 198 valence electrons. The molecule has 37 heavy (non-hydrogen) atoms. The summed E-state index contributed by atoms with van der Waals surface area (Å²) in [6.07, 6.45) is 1.05. The van der Waals surface area contributed by atoms with Gasteiger partial charge in [0.25, 0.3) is 5.92 Å². The number of hydrogen-bond acceptors (Lipinski definition) is 8. The van der Waals surface area contributed by atoms with Crippen molar-refractivity contribution in [2.24, 2.45) is 29.3 Å². The average molecular weight is 523 g/mol. The van der Waals surface area contributed by atoms with Crippen LogP contribution in [0, 0.1) is 29.5 Å². The lowest BCUT2D eigenvalue weighted by Gasteiger charge is -2.21. The first kappa shape index (κ1) is 26.1. The van der Waals surface area contributed by atoms with E-state index in [4.69, 9.17) is 16.3 Å². The monoisotopic (exact) mass is 523 g/mol. The van der Waals surface area contributed by atoms with Gasteiger partial charge in [-0.3, -0.25) is 20.1 Å². The van der Waals surface area contributed by atoms with Gasteiger partial charge in [-0.05, 0) is 43.9 Å². The summed E-state index contributed by atoms with van der Waals surface area (Å²) in [5.41, 5.74) is 6.04. The summed E-state index contributed by atoms with van der Waals surface area (Å²) >= 11 is 0. The molecule has 2 saturated carbocycles. The van der Waals surface area contributed by atoms with Gasteiger partial charge in [0.15, 0.2) is 5.82 Å². The molecule has 2 aromatic rings. The molecule has 0 aromatic carbocycles. The lowest BCUT2D eigenvalue weighted by Crippen LogP contribution is -2.39. The van der Waals surface area contributed by atoms with E-state index in [0.717, 1.165) is 11.1 Å². The number of carbonyl (C=O) groups is 2. The summed E-state index contributed by atoms with van der Waals surface area (Å²) in [5.74, 6) is -2.32. The highest BCUT2D eigenvalue weighted by molar-refractivity contribution is 5.95. The number of nitrogens with two attached hydrogens (primary N) is 2. The predicted molar refractivity (Wildman–Crippen MR) is 123 cm³/mol. The van der Waals surface area contributed by atoms with Crippen LogP contribution in [0.3, 0.4) is 0 Å². The minimum atomic E-state index is -3.00. The van der Waals surface area contributed by atoms with Crippen LogP contribution in [-0.2, 0) is 9.53 Å². The fourth-order valence-electron chi connectivity index (χ4n) is 4.12. The molecule has 0 aliphatic heterocycles. The van der Waals surface area contributed by atoms with Gasteiger partial charge < -0.3 is 15.8 Å². The normalized spacial score (nSPS) is 21.4. The Morgan fingerprint density at radius 1 is 1.22 bits per heavy atom. The van der Waals surface area contributed by atoms with Crippen molar-refractivity contribution in [3.8, 4) is 0 Å². The van der Waals surface area contributed by atoms with E-state index in [9.17, 15) is 27.2 Å². The molecule has 6 N–H and O–H groups in total. The number of halogens is 4. The van der Waals surface area contributed by atoms with Crippen molar-refractivity contribution in [1.29, 1.82) is 0 Å². The summed E-state index contributed by atoms with van der Waals surface area (Å²) in [6.45, 7) is 1.32. The molecule has 0 radical (unpaired) electrons. The molecular formula is C23H25F4N7O3. The Bertz CT molecular complexity index is 1240. The fourth-order valence-corrected chi connectivity index (χ4v) is 4.12. The van der Waals surface area contributed by atoms with E-state index in [1.54, 1.807) is 0 Å². The molecule has 14 heteroatoms. The summed E-state index contributed by atoms with van der Waals surface area (Å²) in [7, 11) is 1.36. The molecule has 2 heterocycles. The van der Waals surface area contributed by atoms with Crippen LogP contribution >= 0.6 is 0 Å². The Labute approximate surface area is 209 Å². The topological polar surface area (TPSA) is 148 Å². The van der Waals surface area contributed by atoms with Crippen LogP contribution in [0.5, 0.6) is 0 Å². The standard InChI is InChI=1S/C23H25F4N7O3/c1-10(14-7-12(24)8-31-19(14)25)37-22(36)33-20(34(2)29)18(28)15-6-5-13(9-30-15)32-21(35)17-16(11-3-4-11)23(17,26)27/h5-11,16-17H,3-4,28-29H2,1-2H3,(H,32,35)(H,33,36)/b20-18-/t10-,16+,17-/m1/s1. The molecule has 0 unspecified atom stereocenters. The second-order valence-corrected chi connectivity index (χ2v) is 9.02. The number of carbonyl (C=O) groups excluding carboxylic acids is 2. The van der Waals surface area contributed by atoms with Crippen molar-refractivity contribution in [3.05, 3.63) is 59.4 Å². The Morgan fingerprint density at radius 2 is 1.92 bits per heavy atom. The van der Waals surface area contributed by atoms with Crippen LogP contribution in [0.25, 0.3) is 5.70 Å². The maximum absolute atomic E-state index is 14.0. The number of anilines is 1. The molecule has 4 rings (SSSR count). The number of aromatic nitrogens is 2. The number of amides is 2. The van der Waals surface area contributed by atoms with Crippen LogP contribution < -0.4 is 22.2 Å². The van der Waals surface area contributed by atoms with E-state index in [0.29, 0.717) is 19.0 Å². The van der Waals surface area contributed by atoms with Crippen LogP contribution in [0.2, 0.25) is 0 Å². The Balaban J connectivity index is 1.41. The number of rotatable bonds is 8. The molecule has 2 aliphatic carbocycles. The third kappa shape index (κ3) is 5.58. The maximum Gasteiger partial charge on any atom is 0.413 e. The predicted octanol–water partition coefficient (Wildman–Crippen LogP) is 2.86. The molecular weight excluding hydrogens is 498 g/mol. The fraction of sp³-hybridized carbons (Fsp3) is 0.391. The van der Waals surface area contributed by atoms with E-state index < -0.39 is 47.6 Å². The molecule has 0 saturated heterocycles. The molecule has 2 aliphatic rings. The van der Waals surface area contributed by atoms with Gasteiger partial charge in [-0.15, -0.1) is 0 Å². The largest absolute Gasteiger partial charge is 0.441 e. The Kier molecular flexibility index (Phi) is 6.95. The van der Waals surface area contributed by atoms with E-state index in [1.165, 1.54) is 32.3 Å². The number of nitrogens with zero attached hydrogens (tertiary/aromatic N) is 3. The maximum atomic E-state index is 14.0. The summed E-state index contributed by atoms with van der Waals surface area (Å²) in [6, 6.07) is 3.65. The number of pyridine rings is 2. The highest BCUT2D eigenvalue weighted by atomic mass is 19.3. The van der Waals surface area contributed by atoms with Crippen LogP contribution in [-0.4, -0.2) is 39.9 Å². The summed E-state index contributed by atoms with van der Waals surface area (Å²) in [4.78, 5) is 32.0. The SMILES string of the molecule is C[C@@H](OC(=O)N/C(=C(/N)c1ccc(NC(=O)[C@H]2[C@H](C3CC3)C2(F)F)cn1)N(C)N)c1cc(F)cnc1F. The first-order valence-electron chi connectivity index (χ1n) is 11.3. The molecule has 0 spiro atoms. The molecule has 2 aromatic heterocycles. The van der Waals surface area contributed by atoms with Crippen molar-refractivity contribution < 1.29 is 31.9 Å². The zero-order valence-electron chi connectivity index (χ0n) is 19.8. The lowest BCUT2D eigenvalue weighted by molar-refractivity contribution is -0.119. The zero-order valence-corrected chi connectivity index (χ0v) is 19.8. The Hall–Kier alpha value is -3.94. The van der Waals surface area contributed by atoms with Crippen molar-refractivity contribution >= 4 is 23.4 Å². The van der Waals surface area contributed by atoms with Crippen LogP contribution in [0.4, 0.5) is 28.0 Å². The van der Waals surface area contributed by atoms with Gasteiger partial charge in [0.1, 0.15) is 23.5 Å². The van der Waals surface area contributed by atoms with Crippen LogP contribution in [0.15, 0.2) is 36.4 Å². The van der Waals surface area contributed by atoms with E-state index in [2.05, 4.69) is 20.6 Å². The third-order valence-electron chi connectivity index (χ3n) is 6.21. The van der Waals surface area contributed by atoms with E-state index in [-0.39, 0.29) is 34.4 Å². The van der Waals surface area contributed by atoms with E-state index in [1.807, 2.05) is 0 Å². The van der Waals surface area contributed by atoms with Gasteiger partial charge in [-0.1, -0.05) is 0 Å². The highest BCUT2D eigenvalue weighted by Crippen LogP contribution is 2.64. The van der Waals surface area contributed by atoms with E-state index >= 15 is 0 Å². The van der Waals surface area contributed by atoms with Crippen molar-refractivity contribution in [2.45, 2.75) is 31.8 Å². The van der Waals surface area contributed by atoms with Gasteiger partial charge in [-0.2, -0.15) is 4.39 Å². The zero-order chi connectivity index (χ0) is 27.1. The highest BCUT2D eigenvalue weighted by Gasteiger charge is 2.75. The number of nitrogens with one attached hydrogen (secondary N) is 2. The molecule has 2 amide bonds. The Morgan fingerprint density at radius 3 is 2.51 bits per heavy atom. The smallest absolute Gasteiger partial charge is 0.413 e. The number of alkyl carbamates (subject to hydrolysis) is 1. The van der Waals surface area contributed by atoms with Crippen molar-refractivity contribution in [3.63, 3.8) is 0 Å². The van der Waals surface area contributed by atoms with Gasteiger partial charge in [0.05, 0.1) is 29.3 Å². The minimum Gasteiger partial charge on any atom is -0.441 e. The van der Waals surface area contributed by atoms with Gasteiger partial charge in [0, 0.05) is 13.0 Å². The molecule has 10 nitrogen and oxygen atoms in total. The first-order valence-corrected chi connectivity index (χ1v) is 11.3. The summed E-state index contributed by atoms with van der Waals surface area (Å²) < 4.78 is 60.2. The average Bonchev–Trinajstić information content (AvgIpc) is 3.74.